The average Bonchev–Trinajstić information content (AvgIpc) is 2.49. The number of methoxy groups -OCH3 is 2. The molecule has 0 bridgehead atoms. The zero-order chi connectivity index (χ0) is 14.5. The van der Waals surface area contributed by atoms with Gasteiger partial charge >= 0.3 is 0 Å². The molecular formula is C16H14Cl2O2. The van der Waals surface area contributed by atoms with Crippen LogP contribution in [-0.2, 0) is 0 Å². The van der Waals surface area contributed by atoms with E-state index in [1.54, 1.807) is 19.8 Å². The maximum absolute atomic E-state index is 5.98. The fourth-order valence-corrected chi connectivity index (χ4v) is 2.30. The molecule has 0 saturated heterocycles. The molecule has 2 aromatic rings. The molecule has 0 unspecified atom stereocenters. The Balaban J connectivity index is 2.45. The molecule has 20 heavy (non-hydrogen) atoms. The molecular weight excluding hydrogens is 295 g/mol. The number of hydrogen-bond donors (Lipinski definition) is 0. The Hall–Kier alpha value is -1.64. The molecule has 0 aromatic heterocycles. The van der Waals surface area contributed by atoms with Crippen LogP contribution < -0.4 is 9.47 Å². The minimum atomic E-state index is 0.662. The second-order valence-corrected chi connectivity index (χ2v) is 4.75. The van der Waals surface area contributed by atoms with E-state index >= 15 is 0 Å². The maximum atomic E-state index is 5.98. The van der Waals surface area contributed by atoms with Gasteiger partial charge in [0.2, 0.25) is 0 Å². The predicted octanol–water partition coefficient (Wildman–Crippen LogP) is 4.99. The van der Waals surface area contributed by atoms with Gasteiger partial charge in [0.15, 0.2) is 11.5 Å². The molecule has 0 aliphatic rings. The normalized spacial score (nSPS) is 11.3. The van der Waals surface area contributed by atoms with Crippen molar-refractivity contribution >= 4 is 28.8 Å². The maximum Gasteiger partial charge on any atom is 0.161 e. The van der Waals surface area contributed by atoms with E-state index in [9.17, 15) is 0 Å². The highest BCUT2D eigenvalue weighted by molar-refractivity contribution is 6.31. The van der Waals surface area contributed by atoms with E-state index in [1.807, 2.05) is 42.5 Å². The first-order valence-corrected chi connectivity index (χ1v) is 6.79. The number of halogens is 2. The van der Waals surface area contributed by atoms with Crippen molar-refractivity contribution in [2.24, 2.45) is 0 Å². The summed E-state index contributed by atoms with van der Waals surface area (Å²) in [6.45, 7) is 0. The molecule has 0 amide bonds. The van der Waals surface area contributed by atoms with Gasteiger partial charge in [-0.1, -0.05) is 41.4 Å². The standard InChI is InChI=1S/C16H14Cl2O2/c1-19-15-8-5-12(9-16(15)20-2)14(10-17)11-3-6-13(18)7-4-11/h3-10H,1-2H3/b14-10-. The fraction of sp³-hybridized carbons (Fsp3) is 0.125. The van der Waals surface area contributed by atoms with Crippen molar-refractivity contribution in [3.05, 3.63) is 64.1 Å². The molecule has 0 spiro atoms. The summed E-state index contributed by atoms with van der Waals surface area (Å²) in [5.41, 5.74) is 4.37. The quantitative estimate of drug-likeness (QED) is 0.792. The fourth-order valence-electron chi connectivity index (χ4n) is 1.93. The summed E-state index contributed by atoms with van der Waals surface area (Å²) in [5, 5.41) is 0.690. The highest BCUT2D eigenvalue weighted by Crippen LogP contribution is 2.33. The first-order chi connectivity index (χ1) is 9.69. The zero-order valence-corrected chi connectivity index (χ0v) is 12.7. The molecule has 2 rings (SSSR count). The van der Waals surface area contributed by atoms with E-state index < -0.39 is 0 Å². The van der Waals surface area contributed by atoms with Crippen molar-refractivity contribution < 1.29 is 9.47 Å². The molecule has 0 saturated carbocycles. The second-order valence-electron chi connectivity index (χ2n) is 4.10. The van der Waals surface area contributed by atoms with Gasteiger partial charge in [-0.25, -0.2) is 0 Å². The third-order valence-corrected chi connectivity index (χ3v) is 3.43. The van der Waals surface area contributed by atoms with Crippen LogP contribution in [0.15, 0.2) is 48.0 Å². The second kappa shape index (κ2) is 6.69. The van der Waals surface area contributed by atoms with Gasteiger partial charge in [0.25, 0.3) is 0 Å². The molecule has 4 heteroatoms. The summed E-state index contributed by atoms with van der Waals surface area (Å²) in [5.74, 6) is 1.34. The molecule has 0 N–H and O–H groups in total. The van der Waals surface area contributed by atoms with Gasteiger partial charge in [-0.05, 0) is 35.4 Å². The molecule has 0 aliphatic heterocycles. The molecule has 0 aliphatic carbocycles. The molecule has 0 heterocycles. The predicted molar refractivity (Wildman–Crippen MR) is 83.9 cm³/mol. The van der Waals surface area contributed by atoms with Crippen molar-refractivity contribution in [1.29, 1.82) is 0 Å². The van der Waals surface area contributed by atoms with Crippen molar-refractivity contribution in [3.63, 3.8) is 0 Å². The minimum absolute atomic E-state index is 0.662. The van der Waals surface area contributed by atoms with Crippen LogP contribution in [0.3, 0.4) is 0 Å². The van der Waals surface area contributed by atoms with Crippen LogP contribution in [0.25, 0.3) is 5.57 Å². The molecule has 2 aromatic carbocycles. The van der Waals surface area contributed by atoms with E-state index in [1.165, 1.54) is 0 Å². The van der Waals surface area contributed by atoms with E-state index in [0.29, 0.717) is 16.5 Å². The molecule has 2 nitrogen and oxygen atoms in total. The minimum Gasteiger partial charge on any atom is -0.493 e. The van der Waals surface area contributed by atoms with Crippen molar-refractivity contribution in [1.82, 2.24) is 0 Å². The van der Waals surface area contributed by atoms with Crippen molar-refractivity contribution in [2.45, 2.75) is 0 Å². The Morgan fingerprint density at radius 2 is 1.50 bits per heavy atom. The Bertz CT molecular complexity index is 619. The topological polar surface area (TPSA) is 18.5 Å². The van der Waals surface area contributed by atoms with E-state index in [2.05, 4.69) is 0 Å². The van der Waals surface area contributed by atoms with Crippen molar-refractivity contribution in [2.75, 3.05) is 14.2 Å². The highest BCUT2D eigenvalue weighted by Gasteiger charge is 2.09. The Kier molecular flexibility index (Phi) is 4.94. The van der Waals surface area contributed by atoms with Crippen LogP contribution in [0.4, 0.5) is 0 Å². The lowest BCUT2D eigenvalue weighted by molar-refractivity contribution is 0.355. The van der Waals surface area contributed by atoms with E-state index in [4.69, 9.17) is 32.7 Å². The van der Waals surface area contributed by atoms with Crippen LogP contribution in [0.1, 0.15) is 11.1 Å². The molecule has 0 atom stereocenters. The third-order valence-electron chi connectivity index (χ3n) is 2.96. The number of ether oxygens (including phenoxy) is 2. The number of benzene rings is 2. The largest absolute Gasteiger partial charge is 0.493 e. The van der Waals surface area contributed by atoms with Crippen LogP contribution in [-0.4, -0.2) is 14.2 Å². The highest BCUT2D eigenvalue weighted by atomic mass is 35.5. The van der Waals surface area contributed by atoms with E-state index in [-0.39, 0.29) is 0 Å². The monoisotopic (exact) mass is 308 g/mol. The first-order valence-electron chi connectivity index (χ1n) is 5.98. The third kappa shape index (κ3) is 3.09. The number of rotatable bonds is 4. The van der Waals surface area contributed by atoms with Gasteiger partial charge in [0.05, 0.1) is 14.2 Å². The van der Waals surface area contributed by atoms with Crippen LogP contribution in [0.2, 0.25) is 5.02 Å². The van der Waals surface area contributed by atoms with Gasteiger partial charge in [-0.15, -0.1) is 0 Å². The lowest BCUT2D eigenvalue weighted by Gasteiger charge is -2.12. The van der Waals surface area contributed by atoms with Crippen molar-refractivity contribution in [3.8, 4) is 11.5 Å². The lowest BCUT2D eigenvalue weighted by atomic mass is 9.99. The summed E-state index contributed by atoms with van der Waals surface area (Å²) in [6, 6.07) is 13.2. The first kappa shape index (κ1) is 14.8. The summed E-state index contributed by atoms with van der Waals surface area (Å²) in [4.78, 5) is 0. The zero-order valence-electron chi connectivity index (χ0n) is 11.2. The Morgan fingerprint density at radius 1 is 0.900 bits per heavy atom. The van der Waals surface area contributed by atoms with Gasteiger partial charge < -0.3 is 9.47 Å². The van der Waals surface area contributed by atoms with Gasteiger partial charge in [0.1, 0.15) is 0 Å². The van der Waals surface area contributed by atoms with E-state index in [0.717, 1.165) is 16.7 Å². The molecule has 0 radical (unpaired) electrons. The van der Waals surface area contributed by atoms with Gasteiger partial charge in [0, 0.05) is 16.1 Å². The number of hydrogen-bond acceptors (Lipinski definition) is 2. The van der Waals surface area contributed by atoms with Gasteiger partial charge in [-0.3, -0.25) is 0 Å². The SMILES string of the molecule is COc1ccc(/C(=C\Cl)c2ccc(Cl)cc2)cc1OC. The smallest absolute Gasteiger partial charge is 0.161 e. The van der Waals surface area contributed by atoms with Crippen LogP contribution in [0, 0.1) is 0 Å². The summed E-state index contributed by atoms with van der Waals surface area (Å²) >= 11 is 11.9. The van der Waals surface area contributed by atoms with Crippen LogP contribution in [0.5, 0.6) is 11.5 Å². The summed E-state index contributed by atoms with van der Waals surface area (Å²) in [7, 11) is 3.21. The lowest BCUT2D eigenvalue weighted by Crippen LogP contribution is -1.93. The Morgan fingerprint density at radius 3 is 2.05 bits per heavy atom. The van der Waals surface area contributed by atoms with Crippen LogP contribution >= 0.6 is 23.2 Å². The van der Waals surface area contributed by atoms with Gasteiger partial charge in [-0.2, -0.15) is 0 Å². The summed E-state index contributed by atoms with van der Waals surface area (Å²) < 4.78 is 10.5. The average molecular weight is 309 g/mol. The summed E-state index contributed by atoms with van der Waals surface area (Å²) in [6.07, 6.45) is 0. The molecule has 104 valence electrons. The molecule has 0 fully saturated rings. The Labute approximate surface area is 128 Å².